The van der Waals surface area contributed by atoms with Crippen LogP contribution in [0, 0.1) is 5.92 Å². The second-order valence-electron chi connectivity index (χ2n) is 8.68. The van der Waals surface area contributed by atoms with Crippen LogP contribution in [0.5, 0.6) is 11.6 Å². The zero-order valence-corrected chi connectivity index (χ0v) is 18.3. The number of pyridine rings is 1. The summed E-state index contributed by atoms with van der Waals surface area (Å²) in [5.41, 5.74) is 5.00. The van der Waals surface area contributed by atoms with Gasteiger partial charge in [0.25, 0.3) is 0 Å². The third-order valence-electron chi connectivity index (χ3n) is 5.99. The Balaban J connectivity index is 1.30. The van der Waals surface area contributed by atoms with E-state index in [-0.39, 0.29) is 5.97 Å². The normalized spacial score (nSPS) is 15.3. The molecule has 1 heterocycles. The van der Waals surface area contributed by atoms with Gasteiger partial charge in [-0.3, -0.25) is 0 Å². The van der Waals surface area contributed by atoms with E-state index in [0.29, 0.717) is 29.9 Å². The van der Waals surface area contributed by atoms with Crippen LogP contribution in [0.1, 0.15) is 53.1 Å². The van der Waals surface area contributed by atoms with Gasteiger partial charge in [-0.05, 0) is 84.5 Å². The first-order valence-electron chi connectivity index (χ1n) is 11.2. The number of ether oxygens (including phenoxy) is 3. The first kappa shape index (κ1) is 20.6. The predicted octanol–water partition coefficient (Wildman–Crippen LogP) is 5.78. The molecule has 32 heavy (non-hydrogen) atoms. The fraction of sp³-hybridized carbons (Fsp3) is 0.333. The van der Waals surface area contributed by atoms with Crippen molar-refractivity contribution < 1.29 is 19.0 Å². The Morgan fingerprint density at radius 1 is 0.938 bits per heavy atom. The Bertz CT molecular complexity index is 1080. The number of esters is 1. The largest absolute Gasteiger partial charge is 0.489 e. The molecule has 0 N–H and O–H groups in total. The number of rotatable bonds is 9. The lowest BCUT2D eigenvalue weighted by Crippen LogP contribution is -2.02. The standard InChI is InChI=1S/C27H27NO4/c1-30-27(29)21-6-4-19(5-7-21)16-31-25-13-23(20-8-9-20)12-24(14-25)22-10-11-26(28-15-22)32-17-18-2-3-18/h4-7,10-15,18,20H,2-3,8-9,16-17H2,1H3. The van der Waals surface area contributed by atoms with E-state index < -0.39 is 0 Å². The van der Waals surface area contributed by atoms with Gasteiger partial charge in [0.1, 0.15) is 12.4 Å². The first-order chi connectivity index (χ1) is 15.7. The fourth-order valence-electron chi connectivity index (χ4n) is 3.67. The minimum atomic E-state index is -0.336. The summed E-state index contributed by atoms with van der Waals surface area (Å²) in [5, 5.41) is 0. The number of hydrogen-bond acceptors (Lipinski definition) is 5. The van der Waals surface area contributed by atoms with E-state index in [9.17, 15) is 4.79 Å². The molecule has 0 amide bonds. The van der Waals surface area contributed by atoms with Crippen LogP contribution in [-0.2, 0) is 11.3 Å². The quantitative estimate of drug-likeness (QED) is 0.404. The van der Waals surface area contributed by atoms with Gasteiger partial charge in [0, 0.05) is 17.8 Å². The molecule has 0 saturated heterocycles. The third kappa shape index (κ3) is 5.10. The van der Waals surface area contributed by atoms with E-state index in [1.807, 2.05) is 24.4 Å². The summed E-state index contributed by atoms with van der Waals surface area (Å²) >= 11 is 0. The molecule has 164 valence electrons. The molecule has 3 aromatic rings. The lowest BCUT2D eigenvalue weighted by atomic mass is 10.0. The van der Waals surface area contributed by atoms with Crippen molar-refractivity contribution in [3.8, 4) is 22.8 Å². The molecule has 2 saturated carbocycles. The van der Waals surface area contributed by atoms with Gasteiger partial charge in [-0.15, -0.1) is 0 Å². The van der Waals surface area contributed by atoms with Gasteiger partial charge >= 0.3 is 5.97 Å². The van der Waals surface area contributed by atoms with Crippen molar-refractivity contribution in [3.63, 3.8) is 0 Å². The maximum Gasteiger partial charge on any atom is 0.337 e. The van der Waals surface area contributed by atoms with Crippen LogP contribution in [0.15, 0.2) is 60.8 Å². The average Bonchev–Trinajstić information content (AvgIpc) is 3.75. The Labute approximate surface area is 188 Å². The summed E-state index contributed by atoms with van der Waals surface area (Å²) in [7, 11) is 1.38. The number of nitrogens with zero attached hydrogens (tertiary/aromatic N) is 1. The van der Waals surface area contributed by atoms with Gasteiger partial charge in [0.15, 0.2) is 0 Å². The van der Waals surface area contributed by atoms with Crippen LogP contribution < -0.4 is 9.47 Å². The second-order valence-corrected chi connectivity index (χ2v) is 8.68. The summed E-state index contributed by atoms with van der Waals surface area (Å²) in [6, 6.07) is 17.8. The number of hydrogen-bond donors (Lipinski definition) is 0. The van der Waals surface area contributed by atoms with Crippen LogP contribution >= 0.6 is 0 Å². The SMILES string of the molecule is COC(=O)c1ccc(COc2cc(-c3ccc(OCC4CC4)nc3)cc(C3CC3)c2)cc1. The number of carbonyl (C=O) groups is 1. The number of carbonyl (C=O) groups excluding carboxylic acids is 1. The highest BCUT2D eigenvalue weighted by atomic mass is 16.5. The summed E-state index contributed by atoms with van der Waals surface area (Å²) in [5.74, 6) is 2.52. The van der Waals surface area contributed by atoms with Crippen molar-refractivity contribution in [1.29, 1.82) is 0 Å². The molecule has 1 aromatic heterocycles. The lowest BCUT2D eigenvalue weighted by molar-refractivity contribution is 0.0600. The number of methoxy groups -OCH3 is 1. The smallest absolute Gasteiger partial charge is 0.337 e. The minimum Gasteiger partial charge on any atom is -0.489 e. The fourth-order valence-corrected chi connectivity index (χ4v) is 3.67. The maximum absolute atomic E-state index is 11.6. The average molecular weight is 430 g/mol. The minimum absolute atomic E-state index is 0.336. The first-order valence-corrected chi connectivity index (χ1v) is 11.2. The van der Waals surface area contributed by atoms with E-state index in [1.165, 1.54) is 38.4 Å². The van der Waals surface area contributed by atoms with Crippen molar-refractivity contribution in [3.05, 3.63) is 77.5 Å². The molecule has 0 unspecified atom stereocenters. The van der Waals surface area contributed by atoms with Gasteiger partial charge in [0.2, 0.25) is 5.88 Å². The summed E-state index contributed by atoms with van der Waals surface area (Å²) in [4.78, 5) is 16.1. The lowest BCUT2D eigenvalue weighted by Gasteiger charge is -2.12. The topological polar surface area (TPSA) is 57.7 Å². The molecule has 5 heteroatoms. The van der Waals surface area contributed by atoms with Crippen molar-refractivity contribution in [1.82, 2.24) is 4.98 Å². The van der Waals surface area contributed by atoms with Crippen LogP contribution in [0.3, 0.4) is 0 Å². The second kappa shape index (κ2) is 9.03. The Hall–Kier alpha value is -3.34. The Morgan fingerprint density at radius 3 is 2.41 bits per heavy atom. The van der Waals surface area contributed by atoms with E-state index in [1.54, 1.807) is 12.1 Å². The molecule has 2 aliphatic rings. The van der Waals surface area contributed by atoms with Gasteiger partial charge in [-0.25, -0.2) is 9.78 Å². The Morgan fingerprint density at radius 2 is 1.75 bits per heavy atom. The van der Waals surface area contributed by atoms with Crippen molar-refractivity contribution >= 4 is 5.97 Å². The van der Waals surface area contributed by atoms with Crippen LogP contribution in [-0.4, -0.2) is 24.7 Å². The van der Waals surface area contributed by atoms with Gasteiger partial charge in [0.05, 0.1) is 19.3 Å². The van der Waals surface area contributed by atoms with Crippen molar-refractivity contribution in [2.45, 2.75) is 38.2 Å². The van der Waals surface area contributed by atoms with Gasteiger partial charge in [-0.2, -0.15) is 0 Å². The molecule has 0 atom stereocenters. The zero-order valence-electron chi connectivity index (χ0n) is 18.3. The van der Waals surface area contributed by atoms with Crippen LogP contribution in [0.2, 0.25) is 0 Å². The summed E-state index contributed by atoms with van der Waals surface area (Å²) in [6.45, 7) is 1.20. The number of benzene rings is 2. The molecule has 0 radical (unpaired) electrons. The summed E-state index contributed by atoms with van der Waals surface area (Å²) in [6.07, 6.45) is 6.87. The van der Waals surface area contributed by atoms with Gasteiger partial charge in [-0.1, -0.05) is 18.2 Å². The van der Waals surface area contributed by atoms with E-state index in [4.69, 9.17) is 14.2 Å². The van der Waals surface area contributed by atoms with E-state index in [0.717, 1.165) is 29.0 Å². The maximum atomic E-state index is 11.6. The monoisotopic (exact) mass is 429 g/mol. The van der Waals surface area contributed by atoms with E-state index >= 15 is 0 Å². The van der Waals surface area contributed by atoms with Crippen LogP contribution in [0.25, 0.3) is 11.1 Å². The van der Waals surface area contributed by atoms with Crippen molar-refractivity contribution in [2.24, 2.45) is 5.92 Å². The highest BCUT2D eigenvalue weighted by molar-refractivity contribution is 5.89. The summed E-state index contributed by atoms with van der Waals surface area (Å²) < 4.78 is 16.7. The highest BCUT2D eigenvalue weighted by Crippen LogP contribution is 2.43. The van der Waals surface area contributed by atoms with Crippen LogP contribution in [0.4, 0.5) is 0 Å². The van der Waals surface area contributed by atoms with Crippen molar-refractivity contribution in [2.75, 3.05) is 13.7 Å². The molecule has 2 aromatic carbocycles. The molecule has 0 aliphatic heterocycles. The van der Waals surface area contributed by atoms with E-state index in [2.05, 4.69) is 29.2 Å². The highest BCUT2D eigenvalue weighted by Gasteiger charge is 2.25. The zero-order chi connectivity index (χ0) is 21.9. The number of aromatic nitrogens is 1. The Kier molecular flexibility index (Phi) is 5.80. The third-order valence-corrected chi connectivity index (χ3v) is 5.99. The molecule has 5 nitrogen and oxygen atoms in total. The molecule has 2 aliphatic carbocycles. The van der Waals surface area contributed by atoms with Gasteiger partial charge < -0.3 is 14.2 Å². The molecular formula is C27H27NO4. The predicted molar refractivity (Wildman–Crippen MR) is 122 cm³/mol. The molecule has 5 rings (SSSR count). The molecule has 0 bridgehead atoms. The molecule has 0 spiro atoms. The molecular weight excluding hydrogens is 402 g/mol. The molecule has 2 fully saturated rings.